The molecule has 2 aromatic heterocycles. The SMILES string of the molecule is Cc1c(C(=O)N2CCC(CN3CCOCC3)CC2)sc2nc3n(c(=O)c12)CCC3. The Hall–Kier alpha value is -1.77. The number of nitrogens with zero attached hydrogens (tertiary/aromatic N) is 4. The minimum absolute atomic E-state index is 0.0273. The summed E-state index contributed by atoms with van der Waals surface area (Å²) < 4.78 is 7.22. The third-order valence-electron chi connectivity index (χ3n) is 6.63. The molecule has 29 heavy (non-hydrogen) atoms. The number of carbonyl (C=O) groups excluding carboxylic acids is 1. The number of morpholine rings is 1. The highest BCUT2D eigenvalue weighted by Gasteiger charge is 2.29. The van der Waals surface area contributed by atoms with Crippen molar-refractivity contribution >= 4 is 27.5 Å². The molecule has 2 fully saturated rings. The molecule has 3 aliphatic heterocycles. The largest absolute Gasteiger partial charge is 0.379 e. The normalized spacial score (nSPS) is 21.1. The van der Waals surface area contributed by atoms with Gasteiger partial charge in [0.25, 0.3) is 11.5 Å². The van der Waals surface area contributed by atoms with Crippen molar-refractivity contribution in [1.29, 1.82) is 0 Å². The number of thiophene rings is 1. The van der Waals surface area contributed by atoms with E-state index in [0.29, 0.717) is 16.2 Å². The van der Waals surface area contributed by atoms with Gasteiger partial charge >= 0.3 is 0 Å². The fraction of sp³-hybridized carbons (Fsp3) is 0.667. The van der Waals surface area contributed by atoms with Crippen LogP contribution in [0, 0.1) is 12.8 Å². The number of likely N-dealkylation sites (tertiary alicyclic amines) is 1. The number of aromatic nitrogens is 2. The Kier molecular flexibility index (Phi) is 5.17. The molecule has 0 saturated carbocycles. The Bertz CT molecular complexity index is 984. The zero-order chi connectivity index (χ0) is 20.0. The first-order chi connectivity index (χ1) is 14.1. The second kappa shape index (κ2) is 7.81. The number of rotatable bonds is 3. The van der Waals surface area contributed by atoms with Crippen molar-refractivity contribution in [2.24, 2.45) is 5.92 Å². The number of hydrogen-bond donors (Lipinski definition) is 0. The van der Waals surface area contributed by atoms with Crippen LogP contribution in [0.3, 0.4) is 0 Å². The van der Waals surface area contributed by atoms with Crippen molar-refractivity contribution in [3.8, 4) is 0 Å². The molecular formula is C21H28N4O3S. The lowest BCUT2D eigenvalue weighted by molar-refractivity contribution is 0.0243. The van der Waals surface area contributed by atoms with Crippen molar-refractivity contribution in [3.63, 3.8) is 0 Å². The van der Waals surface area contributed by atoms with Crippen molar-refractivity contribution < 1.29 is 9.53 Å². The van der Waals surface area contributed by atoms with Crippen LogP contribution in [0.5, 0.6) is 0 Å². The van der Waals surface area contributed by atoms with Crippen LogP contribution in [-0.2, 0) is 17.7 Å². The van der Waals surface area contributed by atoms with E-state index in [4.69, 9.17) is 9.72 Å². The summed E-state index contributed by atoms with van der Waals surface area (Å²) in [6, 6.07) is 0. The average molecular weight is 417 g/mol. The quantitative estimate of drug-likeness (QED) is 0.765. The molecule has 0 atom stereocenters. The van der Waals surface area contributed by atoms with Crippen LogP contribution < -0.4 is 5.56 Å². The minimum atomic E-state index is 0.0273. The van der Waals surface area contributed by atoms with Crippen molar-refractivity contribution in [3.05, 3.63) is 26.6 Å². The van der Waals surface area contributed by atoms with E-state index in [9.17, 15) is 9.59 Å². The molecule has 8 heteroatoms. The van der Waals surface area contributed by atoms with Crippen molar-refractivity contribution in [2.75, 3.05) is 45.9 Å². The van der Waals surface area contributed by atoms with Gasteiger partial charge in [0.15, 0.2) is 0 Å². The molecule has 5 heterocycles. The monoisotopic (exact) mass is 416 g/mol. The smallest absolute Gasteiger partial charge is 0.264 e. The van der Waals surface area contributed by atoms with E-state index >= 15 is 0 Å². The summed E-state index contributed by atoms with van der Waals surface area (Å²) in [4.78, 5) is 36.7. The summed E-state index contributed by atoms with van der Waals surface area (Å²) in [6.07, 6.45) is 3.91. The van der Waals surface area contributed by atoms with E-state index in [0.717, 1.165) is 94.4 Å². The zero-order valence-corrected chi connectivity index (χ0v) is 17.8. The van der Waals surface area contributed by atoms with Gasteiger partial charge in [-0.05, 0) is 37.7 Å². The Morgan fingerprint density at radius 3 is 2.69 bits per heavy atom. The highest BCUT2D eigenvalue weighted by Crippen LogP contribution is 2.31. The van der Waals surface area contributed by atoms with Crippen LogP contribution in [0.25, 0.3) is 10.2 Å². The molecule has 1 amide bonds. The van der Waals surface area contributed by atoms with Crippen LogP contribution in [0.2, 0.25) is 0 Å². The summed E-state index contributed by atoms with van der Waals surface area (Å²) in [6.45, 7) is 9.06. The maximum atomic E-state index is 13.2. The molecule has 0 unspecified atom stereocenters. The van der Waals surface area contributed by atoms with E-state index < -0.39 is 0 Å². The number of ether oxygens (including phenoxy) is 1. The molecule has 0 bridgehead atoms. The first-order valence-corrected chi connectivity index (χ1v) is 11.6. The topological polar surface area (TPSA) is 67.7 Å². The number of fused-ring (bicyclic) bond motifs is 2. The van der Waals surface area contributed by atoms with Gasteiger partial charge in [0.05, 0.1) is 23.5 Å². The Morgan fingerprint density at radius 1 is 1.17 bits per heavy atom. The van der Waals surface area contributed by atoms with Crippen molar-refractivity contribution in [2.45, 2.75) is 39.2 Å². The predicted molar refractivity (Wildman–Crippen MR) is 113 cm³/mol. The highest BCUT2D eigenvalue weighted by atomic mass is 32.1. The second-order valence-electron chi connectivity index (χ2n) is 8.47. The van der Waals surface area contributed by atoms with E-state index in [1.807, 2.05) is 11.8 Å². The summed E-state index contributed by atoms with van der Waals surface area (Å²) in [5.41, 5.74) is 0.838. The van der Waals surface area contributed by atoms with Gasteiger partial charge in [0.2, 0.25) is 0 Å². The zero-order valence-electron chi connectivity index (χ0n) is 17.0. The number of aryl methyl sites for hydroxylation is 2. The van der Waals surface area contributed by atoms with Gasteiger partial charge in [-0.25, -0.2) is 4.98 Å². The van der Waals surface area contributed by atoms with E-state index in [1.54, 1.807) is 4.57 Å². The molecule has 2 saturated heterocycles. The molecule has 5 rings (SSSR count). The number of carbonyl (C=O) groups is 1. The Balaban J connectivity index is 1.30. The Morgan fingerprint density at radius 2 is 1.93 bits per heavy atom. The maximum Gasteiger partial charge on any atom is 0.264 e. The molecule has 0 N–H and O–H groups in total. The Labute approximate surface area is 174 Å². The van der Waals surface area contributed by atoms with E-state index in [-0.39, 0.29) is 11.5 Å². The van der Waals surface area contributed by atoms with Gasteiger partial charge < -0.3 is 9.64 Å². The lowest BCUT2D eigenvalue weighted by Crippen LogP contribution is -2.44. The molecule has 156 valence electrons. The second-order valence-corrected chi connectivity index (χ2v) is 9.47. The van der Waals surface area contributed by atoms with Crippen LogP contribution in [-0.4, -0.2) is 71.2 Å². The fourth-order valence-electron chi connectivity index (χ4n) is 4.89. The van der Waals surface area contributed by atoms with Crippen LogP contribution in [0.4, 0.5) is 0 Å². The lowest BCUT2D eigenvalue weighted by atomic mass is 9.95. The fourth-order valence-corrected chi connectivity index (χ4v) is 6.05. The first kappa shape index (κ1) is 19.2. The van der Waals surface area contributed by atoms with Crippen LogP contribution in [0.15, 0.2) is 4.79 Å². The average Bonchev–Trinajstić information content (AvgIpc) is 3.34. The van der Waals surface area contributed by atoms with Gasteiger partial charge in [-0.15, -0.1) is 11.3 Å². The van der Waals surface area contributed by atoms with Gasteiger partial charge in [-0.3, -0.25) is 19.1 Å². The number of piperidine rings is 1. The predicted octanol–water partition coefficient (Wildman–Crippen LogP) is 1.90. The molecule has 0 aliphatic carbocycles. The van der Waals surface area contributed by atoms with Crippen LogP contribution in [0.1, 0.15) is 40.3 Å². The summed E-state index contributed by atoms with van der Waals surface area (Å²) >= 11 is 1.40. The number of amides is 1. The molecule has 0 radical (unpaired) electrons. The van der Waals surface area contributed by atoms with Crippen molar-refractivity contribution in [1.82, 2.24) is 19.4 Å². The summed E-state index contributed by atoms with van der Waals surface area (Å²) in [5.74, 6) is 1.58. The third-order valence-corrected chi connectivity index (χ3v) is 7.80. The van der Waals surface area contributed by atoms with Crippen LogP contribution >= 0.6 is 11.3 Å². The minimum Gasteiger partial charge on any atom is -0.379 e. The van der Waals surface area contributed by atoms with E-state index in [1.165, 1.54) is 11.3 Å². The van der Waals surface area contributed by atoms with E-state index in [2.05, 4.69) is 4.90 Å². The summed E-state index contributed by atoms with van der Waals surface area (Å²) in [5, 5.41) is 0.645. The third kappa shape index (κ3) is 3.51. The standard InChI is InChI=1S/C21H28N4O3S/c1-14-17-19(22-16-3-2-6-25(16)20(17)26)29-18(14)21(27)24-7-4-15(5-8-24)13-23-9-11-28-12-10-23/h15H,2-13H2,1H3. The molecule has 0 aromatic carbocycles. The van der Waals surface area contributed by atoms with Gasteiger partial charge in [0.1, 0.15) is 10.7 Å². The molecule has 3 aliphatic rings. The summed E-state index contributed by atoms with van der Waals surface area (Å²) in [7, 11) is 0. The van der Waals surface area contributed by atoms with Gasteiger partial charge in [0, 0.05) is 45.7 Å². The molecule has 0 spiro atoms. The first-order valence-electron chi connectivity index (χ1n) is 10.7. The maximum absolute atomic E-state index is 13.2. The van der Waals surface area contributed by atoms with Gasteiger partial charge in [-0.1, -0.05) is 0 Å². The molecule has 7 nitrogen and oxygen atoms in total. The molecule has 2 aromatic rings. The molecular weight excluding hydrogens is 388 g/mol. The number of hydrogen-bond acceptors (Lipinski definition) is 6. The lowest BCUT2D eigenvalue weighted by Gasteiger charge is -2.36. The van der Waals surface area contributed by atoms with Gasteiger partial charge in [-0.2, -0.15) is 0 Å². The highest BCUT2D eigenvalue weighted by molar-refractivity contribution is 7.20.